The van der Waals surface area contributed by atoms with Gasteiger partial charge in [-0.3, -0.25) is 19.3 Å². The van der Waals surface area contributed by atoms with Gasteiger partial charge in [0.1, 0.15) is 11.1 Å². The first-order valence-corrected chi connectivity index (χ1v) is 13.6. The summed E-state index contributed by atoms with van der Waals surface area (Å²) >= 11 is 6.31. The van der Waals surface area contributed by atoms with E-state index in [1.165, 1.54) is 0 Å². The molecule has 3 aliphatic rings. The number of pyridine rings is 1. The molecule has 10 nitrogen and oxygen atoms in total. The molecule has 2 fully saturated rings. The maximum absolute atomic E-state index is 13.6. The quantitative estimate of drug-likeness (QED) is 0.407. The summed E-state index contributed by atoms with van der Waals surface area (Å²) in [5.41, 5.74) is 1.84. The van der Waals surface area contributed by atoms with E-state index in [-0.39, 0.29) is 16.9 Å². The molecule has 0 bridgehead atoms. The summed E-state index contributed by atoms with van der Waals surface area (Å²) in [5, 5.41) is 3.83. The number of hydrogen-bond donors (Lipinski definition) is 1. The van der Waals surface area contributed by atoms with E-state index >= 15 is 0 Å². The van der Waals surface area contributed by atoms with Crippen molar-refractivity contribution in [1.82, 2.24) is 19.7 Å². The Morgan fingerprint density at radius 1 is 1.00 bits per heavy atom. The van der Waals surface area contributed by atoms with Crippen molar-refractivity contribution in [3.05, 3.63) is 57.3 Å². The molecule has 0 unspecified atom stereocenters. The molecular formula is C28H30ClN5O5. The number of aromatic nitrogens is 1. The van der Waals surface area contributed by atoms with Crippen LogP contribution in [0.25, 0.3) is 16.6 Å². The normalized spacial score (nSPS) is 17.1. The van der Waals surface area contributed by atoms with Crippen molar-refractivity contribution in [2.45, 2.75) is 6.92 Å². The number of morpholine rings is 1. The lowest BCUT2D eigenvalue weighted by Gasteiger charge is -2.37. The fourth-order valence-electron chi connectivity index (χ4n) is 5.47. The minimum absolute atomic E-state index is 0.0545. The van der Waals surface area contributed by atoms with Crippen LogP contribution in [0.4, 0.5) is 5.69 Å². The van der Waals surface area contributed by atoms with Crippen molar-refractivity contribution in [3.63, 3.8) is 0 Å². The maximum Gasteiger partial charge on any atom is 0.256 e. The largest absolute Gasteiger partial charge is 0.451 e. The SMILES string of the molecule is CC(=O)N1CCN(c2ccc3c(=O)c(C(=O)NCCN4CCOCC4)cn4c3c2Oc2cc(Cl)ccc2-4)CC1. The zero-order valence-electron chi connectivity index (χ0n) is 21.7. The van der Waals surface area contributed by atoms with E-state index in [1.54, 1.807) is 31.3 Å². The third-order valence-electron chi connectivity index (χ3n) is 7.62. The summed E-state index contributed by atoms with van der Waals surface area (Å²) in [6.45, 7) is 8.20. The third-order valence-corrected chi connectivity index (χ3v) is 7.86. The molecule has 3 aromatic rings. The summed E-state index contributed by atoms with van der Waals surface area (Å²) in [5.74, 6) is 0.717. The topological polar surface area (TPSA) is 96.4 Å². The van der Waals surface area contributed by atoms with Crippen molar-refractivity contribution < 1.29 is 19.1 Å². The van der Waals surface area contributed by atoms with Crippen LogP contribution in [0.15, 0.2) is 41.3 Å². The van der Waals surface area contributed by atoms with Gasteiger partial charge in [-0.25, -0.2) is 0 Å². The second-order valence-corrected chi connectivity index (χ2v) is 10.4. The van der Waals surface area contributed by atoms with Crippen molar-refractivity contribution in [2.75, 3.05) is 70.5 Å². The lowest BCUT2D eigenvalue weighted by atomic mass is 10.1. The summed E-state index contributed by atoms with van der Waals surface area (Å²) < 4.78 is 13.6. The van der Waals surface area contributed by atoms with Gasteiger partial charge in [-0.05, 0) is 24.3 Å². The highest BCUT2D eigenvalue weighted by Crippen LogP contribution is 2.46. The van der Waals surface area contributed by atoms with E-state index in [0.717, 1.165) is 18.8 Å². The highest BCUT2D eigenvalue weighted by Gasteiger charge is 2.29. The van der Waals surface area contributed by atoms with Crippen molar-refractivity contribution in [2.24, 2.45) is 0 Å². The molecule has 3 aliphatic heterocycles. The van der Waals surface area contributed by atoms with E-state index in [9.17, 15) is 14.4 Å². The Labute approximate surface area is 230 Å². The third kappa shape index (κ3) is 4.84. The Kier molecular flexibility index (Phi) is 6.92. The van der Waals surface area contributed by atoms with Crippen LogP contribution in [-0.4, -0.2) is 91.8 Å². The number of nitrogens with one attached hydrogen (secondary N) is 1. The van der Waals surface area contributed by atoms with Crippen LogP contribution in [-0.2, 0) is 9.53 Å². The summed E-state index contributed by atoms with van der Waals surface area (Å²) in [6, 6.07) is 8.94. The zero-order chi connectivity index (χ0) is 27.1. The first kappa shape index (κ1) is 25.7. The number of carbonyl (C=O) groups is 2. The first-order valence-electron chi connectivity index (χ1n) is 13.2. The molecule has 204 valence electrons. The smallest absolute Gasteiger partial charge is 0.256 e. The number of fused-ring (bicyclic) bond motifs is 2. The van der Waals surface area contributed by atoms with E-state index < -0.39 is 5.91 Å². The Hall–Kier alpha value is -3.60. The van der Waals surface area contributed by atoms with Gasteiger partial charge in [0.2, 0.25) is 11.3 Å². The average molecular weight is 552 g/mol. The second kappa shape index (κ2) is 10.5. The average Bonchev–Trinajstić information content (AvgIpc) is 2.94. The van der Waals surface area contributed by atoms with Crippen LogP contribution < -0.4 is 20.4 Å². The number of rotatable bonds is 5. The van der Waals surface area contributed by atoms with Gasteiger partial charge in [0.25, 0.3) is 5.91 Å². The molecule has 6 rings (SSSR count). The molecule has 2 aromatic carbocycles. The monoisotopic (exact) mass is 551 g/mol. The Morgan fingerprint density at radius 3 is 2.49 bits per heavy atom. The highest BCUT2D eigenvalue weighted by molar-refractivity contribution is 6.30. The number of ether oxygens (including phenoxy) is 2. The van der Waals surface area contributed by atoms with Gasteiger partial charge in [-0.1, -0.05) is 11.6 Å². The molecule has 0 aliphatic carbocycles. The number of carbonyl (C=O) groups excluding carboxylic acids is 2. The van der Waals surface area contributed by atoms with E-state index in [2.05, 4.69) is 15.1 Å². The summed E-state index contributed by atoms with van der Waals surface area (Å²) in [4.78, 5) is 44.9. The van der Waals surface area contributed by atoms with E-state index in [0.29, 0.717) is 85.6 Å². The lowest BCUT2D eigenvalue weighted by Crippen LogP contribution is -2.48. The Bertz CT molecular complexity index is 1510. The molecule has 2 saturated heterocycles. The van der Waals surface area contributed by atoms with Crippen molar-refractivity contribution >= 4 is 40.0 Å². The molecule has 0 radical (unpaired) electrons. The van der Waals surface area contributed by atoms with Gasteiger partial charge >= 0.3 is 0 Å². The molecule has 2 amide bonds. The lowest BCUT2D eigenvalue weighted by molar-refractivity contribution is -0.129. The van der Waals surface area contributed by atoms with Crippen LogP contribution in [0.3, 0.4) is 0 Å². The van der Waals surface area contributed by atoms with Crippen LogP contribution in [0.2, 0.25) is 5.02 Å². The van der Waals surface area contributed by atoms with Gasteiger partial charge in [-0.2, -0.15) is 0 Å². The van der Waals surface area contributed by atoms with Gasteiger partial charge < -0.3 is 29.2 Å². The minimum atomic E-state index is -0.410. The Morgan fingerprint density at radius 2 is 1.74 bits per heavy atom. The number of halogens is 1. The van der Waals surface area contributed by atoms with Crippen LogP contribution >= 0.6 is 11.6 Å². The van der Waals surface area contributed by atoms with Crippen molar-refractivity contribution in [3.8, 4) is 17.2 Å². The fourth-order valence-corrected chi connectivity index (χ4v) is 5.63. The molecule has 39 heavy (non-hydrogen) atoms. The summed E-state index contributed by atoms with van der Waals surface area (Å²) in [7, 11) is 0. The Balaban J connectivity index is 1.38. The summed E-state index contributed by atoms with van der Waals surface area (Å²) in [6.07, 6.45) is 1.60. The molecule has 0 saturated carbocycles. The number of hydrogen-bond acceptors (Lipinski definition) is 7. The maximum atomic E-state index is 13.6. The molecule has 4 heterocycles. The predicted octanol–water partition coefficient (Wildman–Crippen LogP) is 2.48. The predicted molar refractivity (Wildman–Crippen MR) is 149 cm³/mol. The highest BCUT2D eigenvalue weighted by atomic mass is 35.5. The van der Waals surface area contributed by atoms with Crippen molar-refractivity contribution in [1.29, 1.82) is 0 Å². The molecule has 0 atom stereocenters. The minimum Gasteiger partial charge on any atom is -0.451 e. The fraction of sp³-hybridized carbons (Fsp3) is 0.393. The van der Waals surface area contributed by atoms with Gasteiger partial charge in [-0.15, -0.1) is 0 Å². The zero-order valence-corrected chi connectivity index (χ0v) is 22.5. The van der Waals surface area contributed by atoms with Crippen LogP contribution in [0.1, 0.15) is 17.3 Å². The molecule has 0 spiro atoms. The van der Waals surface area contributed by atoms with Gasteiger partial charge in [0, 0.05) is 76.6 Å². The number of piperazine rings is 1. The van der Waals surface area contributed by atoms with Gasteiger partial charge in [0.15, 0.2) is 11.5 Å². The van der Waals surface area contributed by atoms with Crippen LogP contribution in [0.5, 0.6) is 11.5 Å². The van der Waals surface area contributed by atoms with Crippen LogP contribution in [0, 0.1) is 0 Å². The molecule has 11 heteroatoms. The van der Waals surface area contributed by atoms with E-state index in [1.807, 2.05) is 21.6 Å². The first-order chi connectivity index (χ1) is 18.9. The molecular weight excluding hydrogens is 522 g/mol. The molecule has 1 aromatic heterocycles. The number of anilines is 1. The number of nitrogens with zero attached hydrogens (tertiary/aromatic N) is 4. The van der Waals surface area contributed by atoms with E-state index in [4.69, 9.17) is 21.1 Å². The molecule has 1 N–H and O–H groups in total. The number of amides is 2. The second-order valence-electron chi connectivity index (χ2n) is 9.97. The standard InChI is InChI=1S/C28H30ClN5O5/c1-18(35)32-8-10-33(11-9-32)23-5-3-20-25-27(23)39-24-16-19(29)2-4-22(24)34(25)17-21(26(20)36)28(37)30-6-7-31-12-14-38-15-13-31/h2-5,16-17H,6-15H2,1H3,(H,30,37). The number of benzene rings is 2. The van der Waals surface area contributed by atoms with Gasteiger partial charge in [0.05, 0.1) is 30.0 Å².